The van der Waals surface area contributed by atoms with Gasteiger partial charge in [0, 0.05) is 11.8 Å². The third-order valence-electron chi connectivity index (χ3n) is 9.99. The molecule has 194 valence electrons. The van der Waals surface area contributed by atoms with Crippen molar-refractivity contribution >= 4 is 27.1 Å². The molecule has 3 aliphatic rings. The summed E-state index contributed by atoms with van der Waals surface area (Å²) in [6, 6.07) is 54.6. The van der Waals surface area contributed by atoms with Gasteiger partial charge in [0.25, 0.3) is 0 Å². The molecular formula is C42H26. The van der Waals surface area contributed by atoms with Crippen LogP contribution in [0, 0.1) is 0 Å². The minimum atomic E-state index is 0.147. The average molecular weight is 531 g/mol. The van der Waals surface area contributed by atoms with Crippen LogP contribution >= 0.6 is 0 Å². The summed E-state index contributed by atoms with van der Waals surface area (Å²) in [5.74, 6) is 0.329. The Morgan fingerprint density at radius 3 is 1.71 bits per heavy atom. The van der Waals surface area contributed by atoms with Crippen LogP contribution in [0.25, 0.3) is 49.4 Å². The molecule has 0 saturated heterocycles. The number of rotatable bonds is 2. The monoisotopic (exact) mass is 530 g/mol. The van der Waals surface area contributed by atoms with Crippen LogP contribution in [-0.4, -0.2) is 0 Å². The van der Waals surface area contributed by atoms with Crippen LogP contribution in [0.5, 0.6) is 0 Å². The first-order chi connectivity index (χ1) is 20.9. The first kappa shape index (κ1) is 22.5. The third-order valence-corrected chi connectivity index (χ3v) is 9.99. The van der Waals surface area contributed by atoms with Gasteiger partial charge in [-0.3, -0.25) is 0 Å². The molecule has 0 saturated carbocycles. The molecule has 0 heterocycles. The zero-order valence-electron chi connectivity index (χ0n) is 23.0. The molecule has 0 radical (unpaired) electrons. The highest BCUT2D eigenvalue weighted by Gasteiger charge is 2.47. The van der Waals surface area contributed by atoms with Gasteiger partial charge in [-0.05, 0) is 88.3 Å². The van der Waals surface area contributed by atoms with Crippen molar-refractivity contribution in [2.24, 2.45) is 0 Å². The molecule has 0 N–H and O–H groups in total. The summed E-state index contributed by atoms with van der Waals surface area (Å²) < 4.78 is 0. The summed E-state index contributed by atoms with van der Waals surface area (Å²) in [6.07, 6.45) is 0. The molecule has 0 unspecified atom stereocenters. The normalized spacial score (nSPS) is 17.4. The summed E-state index contributed by atoms with van der Waals surface area (Å²) in [5.41, 5.74) is 16.8. The van der Waals surface area contributed by atoms with Crippen LogP contribution in [0.1, 0.15) is 45.2 Å². The number of allylic oxidation sites excluding steroid dienone is 1. The Labute approximate surface area is 245 Å². The molecule has 2 atom stereocenters. The molecule has 0 heteroatoms. The van der Waals surface area contributed by atoms with Gasteiger partial charge in [-0.2, -0.15) is 0 Å². The van der Waals surface area contributed by atoms with Crippen molar-refractivity contribution < 1.29 is 0 Å². The zero-order chi connectivity index (χ0) is 27.4. The largest absolute Gasteiger partial charge is 0.0622 e. The predicted molar refractivity (Wildman–Crippen MR) is 175 cm³/mol. The quantitative estimate of drug-likeness (QED) is 0.195. The van der Waals surface area contributed by atoms with Crippen molar-refractivity contribution in [2.75, 3.05) is 0 Å². The highest BCUT2D eigenvalue weighted by Crippen LogP contribution is 2.66. The van der Waals surface area contributed by atoms with E-state index in [1.54, 1.807) is 0 Å². The van der Waals surface area contributed by atoms with E-state index in [-0.39, 0.29) is 11.8 Å². The minimum Gasteiger partial charge on any atom is -0.0622 e. The number of fused-ring (bicyclic) bond motifs is 6. The molecule has 0 spiro atoms. The average Bonchev–Trinajstić information content (AvgIpc) is 3.35. The maximum absolute atomic E-state index is 2.37. The molecule has 0 aliphatic heterocycles. The second kappa shape index (κ2) is 8.18. The lowest BCUT2D eigenvalue weighted by Gasteiger charge is -2.29. The van der Waals surface area contributed by atoms with Crippen LogP contribution in [0.15, 0.2) is 151 Å². The van der Waals surface area contributed by atoms with Gasteiger partial charge in [-0.15, -0.1) is 0 Å². The Balaban J connectivity index is 1.53. The summed E-state index contributed by atoms with van der Waals surface area (Å²) in [4.78, 5) is 0. The van der Waals surface area contributed by atoms with Crippen LogP contribution in [0.4, 0.5) is 0 Å². The van der Waals surface area contributed by atoms with Gasteiger partial charge in [0.2, 0.25) is 0 Å². The van der Waals surface area contributed by atoms with E-state index >= 15 is 0 Å². The fraction of sp³-hybridized carbons (Fsp3) is 0.0476. The second-order valence-electron chi connectivity index (χ2n) is 11.9. The topological polar surface area (TPSA) is 0 Å². The summed E-state index contributed by atoms with van der Waals surface area (Å²) in [7, 11) is 0. The van der Waals surface area contributed by atoms with Gasteiger partial charge in [0.1, 0.15) is 0 Å². The molecule has 42 heavy (non-hydrogen) atoms. The van der Waals surface area contributed by atoms with Crippen LogP contribution < -0.4 is 0 Å². The summed E-state index contributed by atoms with van der Waals surface area (Å²) in [5, 5.41) is 5.55. The lowest BCUT2D eigenvalue weighted by Crippen LogP contribution is -2.10. The molecule has 0 nitrogen and oxygen atoms in total. The molecule has 0 aromatic heterocycles. The van der Waals surface area contributed by atoms with E-state index in [1.165, 1.54) is 88.3 Å². The van der Waals surface area contributed by atoms with Gasteiger partial charge in [0.05, 0.1) is 0 Å². The van der Waals surface area contributed by atoms with E-state index in [9.17, 15) is 0 Å². The fourth-order valence-electron chi connectivity index (χ4n) is 8.56. The minimum absolute atomic E-state index is 0.147. The van der Waals surface area contributed by atoms with Crippen molar-refractivity contribution in [1.29, 1.82) is 0 Å². The fourth-order valence-corrected chi connectivity index (χ4v) is 8.56. The predicted octanol–water partition coefficient (Wildman–Crippen LogP) is 10.7. The van der Waals surface area contributed by atoms with Crippen molar-refractivity contribution in [2.45, 2.75) is 11.8 Å². The maximum Gasteiger partial charge on any atom is 0.0339 e. The molecule has 10 rings (SSSR count). The highest BCUT2D eigenvalue weighted by molar-refractivity contribution is 6.19. The van der Waals surface area contributed by atoms with Gasteiger partial charge in [-0.1, -0.05) is 146 Å². The van der Waals surface area contributed by atoms with Crippen LogP contribution in [-0.2, 0) is 0 Å². The van der Waals surface area contributed by atoms with E-state index in [4.69, 9.17) is 0 Å². The van der Waals surface area contributed by atoms with Crippen molar-refractivity contribution in [3.05, 3.63) is 185 Å². The van der Waals surface area contributed by atoms with Crippen LogP contribution in [0.2, 0.25) is 0 Å². The van der Waals surface area contributed by atoms with E-state index < -0.39 is 0 Å². The SMILES string of the molecule is c1ccc(C2=C3[C@H](c4ccccc4)c4c5c6c(cccc6c6ccccc46)-c4cccc(c4[C@H]35)-c3ccccc32)cc1. The van der Waals surface area contributed by atoms with Gasteiger partial charge >= 0.3 is 0 Å². The molecule has 3 aliphatic carbocycles. The van der Waals surface area contributed by atoms with Crippen molar-refractivity contribution in [1.82, 2.24) is 0 Å². The number of hydrogen-bond donors (Lipinski definition) is 0. The molecule has 0 fully saturated rings. The Morgan fingerprint density at radius 2 is 0.905 bits per heavy atom. The standard InChI is InChI=1S/C42H26/c1-3-13-25(14-4-1)35-29-19-9-7-17-27(29)30-21-11-24-34-33-23-12-22-31-28-18-8-10-20-32(28)39-36(26-15-5-2-6-16-26)40(35)42(38(30)34)41(39)37(31)33/h1-24,36,42H/t36-,42-/m1/s1. The smallest absolute Gasteiger partial charge is 0.0339 e. The summed E-state index contributed by atoms with van der Waals surface area (Å²) in [6.45, 7) is 0. The number of hydrogen-bond acceptors (Lipinski definition) is 0. The molecular weight excluding hydrogens is 504 g/mol. The van der Waals surface area contributed by atoms with Gasteiger partial charge in [0.15, 0.2) is 0 Å². The zero-order valence-corrected chi connectivity index (χ0v) is 23.0. The second-order valence-corrected chi connectivity index (χ2v) is 11.9. The molecule has 7 aromatic carbocycles. The maximum atomic E-state index is 2.37. The highest BCUT2D eigenvalue weighted by atomic mass is 14.5. The Kier molecular flexibility index (Phi) is 4.38. The molecule has 7 aromatic rings. The van der Waals surface area contributed by atoms with Crippen molar-refractivity contribution in [3.8, 4) is 22.3 Å². The van der Waals surface area contributed by atoms with E-state index in [0.29, 0.717) is 0 Å². The lowest BCUT2D eigenvalue weighted by atomic mass is 9.73. The van der Waals surface area contributed by atoms with Gasteiger partial charge in [-0.25, -0.2) is 0 Å². The number of benzene rings is 7. The van der Waals surface area contributed by atoms with Crippen LogP contribution in [0.3, 0.4) is 0 Å². The Hall–Kier alpha value is -5.20. The Bertz CT molecular complexity index is 2290. The first-order valence-electron chi connectivity index (χ1n) is 14.9. The van der Waals surface area contributed by atoms with E-state index in [0.717, 1.165) is 0 Å². The van der Waals surface area contributed by atoms with Crippen molar-refractivity contribution in [3.63, 3.8) is 0 Å². The molecule has 0 amide bonds. The third kappa shape index (κ3) is 2.72. The summed E-state index contributed by atoms with van der Waals surface area (Å²) >= 11 is 0. The van der Waals surface area contributed by atoms with Gasteiger partial charge < -0.3 is 0 Å². The lowest BCUT2D eigenvalue weighted by molar-refractivity contribution is 0.922. The Morgan fingerprint density at radius 1 is 0.333 bits per heavy atom. The first-order valence-corrected chi connectivity index (χ1v) is 14.9. The van der Waals surface area contributed by atoms with E-state index in [2.05, 4.69) is 146 Å². The molecule has 0 bridgehead atoms. The van der Waals surface area contributed by atoms with E-state index in [1.807, 2.05) is 0 Å².